The zero-order chi connectivity index (χ0) is 22.1. The van der Waals surface area contributed by atoms with Gasteiger partial charge in [-0.1, -0.05) is 42.5 Å². The highest BCUT2D eigenvalue weighted by Gasteiger charge is 2.25. The van der Waals surface area contributed by atoms with Crippen LogP contribution in [-0.4, -0.2) is 17.0 Å². The summed E-state index contributed by atoms with van der Waals surface area (Å²) in [4.78, 5) is 14.2. The largest absolute Gasteiger partial charge is 0.496 e. The van der Waals surface area contributed by atoms with Gasteiger partial charge < -0.3 is 14.1 Å². The van der Waals surface area contributed by atoms with Crippen LogP contribution in [0.5, 0.6) is 5.75 Å². The molecule has 0 fully saturated rings. The number of rotatable bonds is 6. The summed E-state index contributed by atoms with van der Waals surface area (Å²) in [6, 6.07) is 26.4. The van der Waals surface area contributed by atoms with Gasteiger partial charge in [0.1, 0.15) is 17.3 Å². The van der Waals surface area contributed by atoms with Gasteiger partial charge >= 0.3 is 0 Å². The molecule has 2 heterocycles. The first-order chi connectivity index (χ1) is 15.7. The highest BCUT2D eigenvalue weighted by molar-refractivity contribution is 5.87. The van der Waals surface area contributed by atoms with Crippen LogP contribution in [0.4, 0.5) is 5.69 Å². The van der Waals surface area contributed by atoms with Crippen LogP contribution in [0, 0.1) is 10.1 Å². The standard InChI is InChI=1S/C26H20N2O4/c1-31-23-10-6-5-9-19(23)24-13-14-25(32-24)26(17-7-3-2-4-8-17)21-16-27-22-12-11-18(28(29)30)15-20(21)22/h2-16,26-27H,1H3. The SMILES string of the molecule is COc1ccccc1-c1ccc(C(c2ccccc2)c2c[nH]c3ccc([N+](=O)[O-])cc23)o1. The molecule has 32 heavy (non-hydrogen) atoms. The molecule has 6 heteroatoms. The molecule has 6 nitrogen and oxygen atoms in total. The lowest BCUT2D eigenvalue weighted by atomic mass is 9.89. The van der Waals surface area contributed by atoms with Crippen molar-refractivity contribution < 1.29 is 14.1 Å². The van der Waals surface area contributed by atoms with E-state index in [-0.39, 0.29) is 16.5 Å². The summed E-state index contributed by atoms with van der Waals surface area (Å²) in [6.07, 6.45) is 1.90. The van der Waals surface area contributed by atoms with Crippen LogP contribution in [0.3, 0.4) is 0 Å². The number of benzene rings is 3. The van der Waals surface area contributed by atoms with E-state index in [0.717, 1.165) is 39.1 Å². The lowest BCUT2D eigenvalue weighted by molar-refractivity contribution is -0.384. The number of fused-ring (bicyclic) bond motifs is 1. The molecule has 5 aromatic rings. The van der Waals surface area contributed by atoms with Crippen molar-refractivity contribution >= 4 is 16.6 Å². The molecule has 158 valence electrons. The minimum Gasteiger partial charge on any atom is -0.496 e. The third-order valence-corrected chi connectivity index (χ3v) is 5.64. The lowest BCUT2D eigenvalue weighted by Crippen LogP contribution is -2.01. The summed E-state index contributed by atoms with van der Waals surface area (Å²) in [7, 11) is 1.63. The molecule has 0 saturated carbocycles. The first-order valence-electron chi connectivity index (χ1n) is 10.2. The van der Waals surface area contributed by atoms with Crippen molar-refractivity contribution in [2.24, 2.45) is 0 Å². The fourth-order valence-corrected chi connectivity index (χ4v) is 4.13. The summed E-state index contributed by atoms with van der Waals surface area (Å²) < 4.78 is 11.8. The molecule has 1 unspecified atom stereocenters. The molecular formula is C26H20N2O4. The zero-order valence-corrected chi connectivity index (χ0v) is 17.3. The molecule has 0 radical (unpaired) electrons. The summed E-state index contributed by atoms with van der Waals surface area (Å²) in [5.74, 6) is 1.93. The Kier molecular flexibility index (Phi) is 4.95. The van der Waals surface area contributed by atoms with E-state index in [1.54, 1.807) is 19.2 Å². The summed E-state index contributed by atoms with van der Waals surface area (Å²) >= 11 is 0. The molecule has 1 atom stereocenters. The molecule has 0 aliphatic heterocycles. The molecular weight excluding hydrogens is 404 g/mol. The number of nitrogens with one attached hydrogen (secondary N) is 1. The molecule has 0 bridgehead atoms. The zero-order valence-electron chi connectivity index (χ0n) is 17.3. The highest BCUT2D eigenvalue weighted by atomic mass is 16.6. The highest BCUT2D eigenvalue weighted by Crippen LogP contribution is 2.40. The van der Waals surface area contributed by atoms with E-state index >= 15 is 0 Å². The molecule has 0 aliphatic rings. The summed E-state index contributed by atoms with van der Waals surface area (Å²) in [5, 5.41) is 12.2. The second-order valence-corrected chi connectivity index (χ2v) is 7.48. The van der Waals surface area contributed by atoms with Gasteiger partial charge in [-0.05, 0) is 41.5 Å². The maximum absolute atomic E-state index is 11.4. The van der Waals surface area contributed by atoms with Crippen LogP contribution in [0.25, 0.3) is 22.2 Å². The molecule has 0 spiro atoms. The Bertz CT molecular complexity index is 1400. The van der Waals surface area contributed by atoms with Gasteiger partial charge in [0, 0.05) is 29.2 Å². The number of non-ortho nitro benzene ring substituents is 1. The van der Waals surface area contributed by atoms with Crippen molar-refractivity contribution in [2.75, 3.05) is 7.11 Å². The number of furan rings is 1. The molecule has 2 aromatic heterocycles. The van der Waals surface area contributed by atoms with Gasteiger partial charge in [-0.3, -0.25) is 10.1 Å². The number of H-pyrrole nitrogens is 1. The van der Waals surface area contributed by atoms with E-state index in [0.29, 0.717) is 5.76 Å². The van der Waals surface area contributed by atoms with Gasteiger partial charge in [-0.15, -0.1) is 0 Å². The third kappa shape index (κ3) is 3.41. The van der Waals surface area contributed by atoms with Crippen LogP contribution < -0.4 is 4.74 Å². The normalized spacial score (nSPS) is 12.0. The Morgan fingerprint density at radius 2 is 1.75 bits per heavy atom. The number of nitro groups is 1. The van der Waals surface area contributed by atoms with E-state index in [1.807, 2.05) is 72.9 Å². The number of methoxy groups -OCH3 is 1. The second-order valence-electron chi connectivity index (χ2n) is 7.48. The van der Waals surface area contributed by atoms with Crippen molar-refractivity contribution in [2.45, 2.75) is 5.92 Å². The quantitative estimate of drug-likeness (QED) is 0.248. The van der Waals surface area contributed by atoms with Crippen LogP contribution in [-0.2, 0) is 0 Å². The number of nitrogens with zero attached hydrogens (tertiary/aromatic N) is 1. The van der Waals surface area contributed by atoms with Crippen LogP contribution >= 0.6 is 0 Å². The maximum Gasteiger partial charge on any atom is 0.270 e. The molecule has 0 aliphatic carbocycles. The van der Waals surface area contributed by atoms with Crippen LogP contribution in [0.15, 0.2) is 95.5 Å². The third-order valence-electron chi connectivity index (χ3n) is 5.64. The second kappa shape index (κ2) is 8.07. The summed E-state index contributed by atoms with van der Waals surface area (Å²) in [6.45, 7) is 0. The average Bonchev–Trinajstić information content (AvgIpc) is 3.48. The smallest absolute Gasteiger partial charge is 0.270 e. The Hall–Kier alpha value is -4.32. The first-order valence-corrected chi connectivity index (χ1v) is 10.2. The van der Waals surface area contributed by atoms with Crippen molar-refractivity contribution in [1.29, 1.82) is 0 Å². The topological polar surface area (TPSA) is 81.3 Å². The van der Waals surface area contributed by atoms with Gasteiger partial charge in [0.15, 0.2) is 0 Å². The Labute approximate surface area is 184 Å². The number of ether oxygens (including phenoxy) is 1. The Morgan fingerprint density at radius 3 is 2.53 bits per heavy atom. The fourth-order valence-electron chi connectivity index (χ4n) is 4.13. The van der Waals surface area contributed by atoms with Crippen molar-refractivity contribution in [1.82, 2.24) is 4.98 Å². The first kappa shape index (κ1) is 19.6. The minimum atomic E-state index is -0.375. The molecule has 5 rings (SSSR count). The van der Waals surface area contributed by atoms with E-state index < -0.39 is 0 Å². The van der Waals surface area contributed by atoms with Gasteiger partial charge in [0.2, 0.25) is 0 Å². The molecule has 3 aromatic carbocycles. The average molecular weight is 424 g/mol. The number of aromatic amines is 1. The van der Waals surface area contributed by atoms with Crippen LogP contribution in [0.1, 0.15) is 22.8 Å². The number of nitro benzene ring substituents is 1. The van der Waals surface area contributed by atoms with Gasteiger partial charge in [0.05, 0.1) is 23.5 Å². The summed E-state index contributed by atoms with van der Waals surface area (Å²) in [5.41, 5.74) is 3.70. The minimum absolute atomic E-state index is 0.0549. The predicted octanol–water partition coefficient (Wildman–Crippen LogP) is 6.52. The van der Waals surface area contributed by atoms with E-state index in [4.69, 9.17) is 9.15 Å². The molecule has 0 amide bonds. The molecule has 1 N–H and O–H groups in total. The fraction of sp³-hybridized carbons (Fsp3) is 0.0769. The van der Waals surface area contributed by atoms with Crippen molar-refractivity contribution in [3.63, 3.8) is 0 Å². The lowest BCUT2D eigenvalue weighted by Gasteiger charge is -2.15. The molecule has 0 saturated heterocycles. The van der Waals surface area contributed by atoms with Crippen LogP contribution in [0.2, 0.25) is 0 Å². The Balaban J connectivity index is 1.68. The number of hydrogen-bond donors (Lipinski definition) is 1. The van der Waals surface area contributed by atoms with Gasteiger partial charge in [0.25, 0.3) is 5.69 Å². The monoisotopic (exact) mass is 424 g/mol. The van der Waals surface area contributed by atoms with E-state index in [9.17, 15) is 10.1 Å². The number of hydrogen-bond acceptors (Lipinski definition) is 4. The number of para-hydroxylation sites is 1. The van der Waals surface area contributed by atoms with E-state index in [2.05, 4.69) is 4.98 Å². The maximum atomic E-state index is 11.4. The van der Waals surface area contributed by atoms with Crippen molar-refractivity contribution in [3.05, 3.63) is 118 Å². The Morgan fingerprint density at radius 1 is 0.969 bits per heavy atom. The number of aromatic nitrogens is 1. The van der Waals surface area contributed by atoms with Gasteiger partial charge in [-0.25, -0.2) is 0 Å². The predicted molar refractivity (Wildman–Crippen MR) is 123 cm³/mol. The van der Waals surface area contributed by atoms with Gasteiger partial charge in [-0.2, -0.15) is 0 Å². The van der Waals surface area contributed by atoms with E-state index in [1.165, 1.54) is 6.07 Å². The van der Waals surface area contributed by atoms with Crippen molar-refractivity contribution in [3.8, 4) is 17.1 Å².